The Morgan fingerprint density at radius 2 is 2.09 bits per heavy atom. The number of fused-ring (bicyclic) bond motifs is 1. The number of aromatic nitrogens is 2. The van der Waals surface area contributed by atoms with E-state index in [0.29, 0.717) is 13.1 Å². The van der Waals surface area contributed by atoms with Gasteiger partial charge in [0.2, 0.25) is 0 Å². The minimum Gasteiger partial charge on any atom is -0.368 e. The molecule has 2 aromatic rings. The third-order valence-electron chi connectivity index (χ3n) is 3.85. The SMILES string of the molecule is CCc1nc(NCCN2CCS(=O)(=O)CC2)c2ccsc2n1. The number of hydrogen-bond donors (Lipinski definition) is 1. The van der Waals surface area contributed by atoms with Crippen LogP contribution in [0.5, 0.6) is 0 Å². The number of thiophene rings is 1. The van der Waals surface area contributed by atoms with Crippen LogP contribution in [0.3, 0.4) is 0 Å². The van der Waals surface area contributed by atoms with Gasteiger partial charge in [-0.25, -0.2) is 18.4 Å². The number of sulfone groups is 1. The summed E-state index contributed by atoms with van der Waals surface area (Å²) in [5, 5.41) is 6.47. The molecule has 0 aliphatic carbocycles. The quantitative estimate of drug-likeness (QED) is 0.887. The first-order chi connectivity index (χ1) is 10.6. The molecule has 1 fully saturated rings. The van der Waals surface area contributed by atoms with E-state index in [2.05, 4.69) is 20.2 Å². The van der Waals surface area contributed by atoms with Crippen LogP contribution in [0.1, 0.15) is 12.7 Å². The highest BCUT2D eigenvalue weighted by atomic mass is 32.2. The number of anilines is 1. The van der Waals surface area contributed by atoms with Crippen molar-refractivity contribution in [2.75, 3.05) is 43.0 Å². The number of rotatable bonds is 5. The van der Waals surface area contributed by atoms with E-state index < -0.39 is 9.84 Å². The van der Waals surface area contributed by atoms with Gasteiger partial charge in [-0.1, -0.05) is 6.92 Å². The summed E-state index contributed by atoms with van der Waals surface area (Å²) >= 11 is 1.62. The smallest absolute Gasteiger partial charge is 0.152 e. The molecule has 2 aromatic heterocycles. The minimum absolute atomic E-state index is 0.273. The van der Waals surface area contributed by atoms with Crippen molar-refractivity contribution in [1.29, 1.82) is 0 Å². The first kappa shape index (κ1) is 15.6. The Hall–Kier alpha value is -1.25. The first-order valence-corrected chi connectivity index (χ1v) is 10.2. The van der Waals surface area contributed by atoms with Crippen molar-refractivity contribution in [3.05, 3.63) is 17.3 Å². The van der Waals surface area contributed by atoms with Crippen molar-refractivity contribution in [2.24, 2.45) is 0 Å². The van der Waals surface area contributed by atoms with Crippen molar-refractivity contribution in [1.82, 2.24) is 14.9 Å². The van der Waals surface area contributed by atoms with Crippen molar-refractivity contribution in [2.45, 2.75) is 13.3 Å². The van der Waals surface area contributed by atoms with E-state index in [0.717, 1.165) is 41.4 Å². The first-order valence-electron chi connectivity index (χ1n) is 7.48. The molecular weight excluding hydrogens is 320 g/mol. The lowest BCUT2D eigenvalue weighted by Crippen LogP contribution is -2.42. The summed E-state index contributed by atoms with van der Waals surface area (Å²) in [6.07, 6.45) is 0.812. The molecule has 0 spiro atoms. The molecular formula is C14H20N4O2S2. The van der Waals surface area contributed by atoms with Crippen molar-refractivity contribution < 1.29 is 8.42 Å². The zero-order valence-corrected chi connectivity index (χ0v) is 14.2. The second-order valence-corrected chi connectivity index (χ2v) is 8.60. The highest BCUT2D eigenvalue weighted by Gasteiger charge is 2.21. The molecule has 1 aliphatic heterocycles. The average Bonchev–Trinajstić information content (AvgIpc) is 2.97. The third-order valence-corrected chi connectivity index (χ3v) is 6.26. The fourth-order valence-electron chi connectivity index (χ4n) is 2.50. The van der Waals surface area contributed by atoms with Crippen LogP contribution in [0, 0.1) is 0 Å². The van der Waals surface area contributed by atoms with E-state index in [1.54, 1.807) is 11.3 Å². The largest absolute Gasteiger partial charge is 0.368 e. The Bertz CT molecular complexity index is 743. The number of aryl methyl sites for hydroxylation is 1. The normalized spacial score (nSPS) is 18.6. The molecule has 0 aromatic carbocycles. The van der Waals surface area contributed by atoms with Crippen LogP contribution in [0.15, 0.2) is 11.4 Å². The maximum Gasteiger partial charge on any atom is 0.152 e. The van der Waals surface area contributed by atoms with E-state index in [1.807, 2.05) is 18.4 Å². The molecule has 22 heavy (non-hydrogen) atoms. The molecule has 0 radical (unpaired) electrons. The van der Waals surface area contributed by atoms with Gasteiger partial charge in [-0.2, -0.15) is 0 Å². The van der Waals surface area contributed by atoms with Gasteiger partial charge in [0.25, 0.3) is 0 Å². The predicted molar refractivity (Wildman–Crippen MR) is 90.4 cm³/mol. The van der Waals surface area contributed by atoms with Crippen LogP contribution < -0.4 is 5.32 Å². The third kappa shape index (κ3) is 3.56. The summed E-state index contributed by atoms with van der Waals surface area (Å²) in [6, 6.07) is 2.04. The van der Waals surface area contributed by atoms with Crippen molar-refractivity contribution >= 4 is 37.2 Å². The van der Waals surface area contributed by atoms with Gasteiger partial charge in [-0.05, 0) is 11.4 Å². The summed E-state index contributed by atoms with van der Waals surface area (Å²) in [5.41, 5.74) is 0. The number of nitrogens with one attached hydrogen (secondary N) is 1. The van der Waals surface area contributed by atoms with E-state index >= 15 is 0 Å². The molecule has 1 saturated heterocycles. The molecule has 8 heteroatoms. The lowest BCUT2D eigenvalue weighted by Gasteiger charge is -2.26. The van der Waals surface area contributed by atoms with E-state index in [9.17, 15) is 8.42 Å². The van der Waals surface area contributed by atoms with Gasteiger partial charge in [0.15, 0.2) is 9.84 Å². The lowest BCUT2D eigenvalue weighted by atomic mass is 10.3. The maximum absolute atomic E-state index is 11.4. The fourth-order valence-corrected chi connectivity index (χ4v) is 4.56. The molecule has 0 amide bonds. The van der Waals surface area contributed by atoms with Crippen LogP contribution in [-0.2, 0) is 16.3 Å². The summed E-state index contributed by atoms with van der Waals surface area (Å²) in [6.45, 7) is 4.88. The highest BCUT2D eigenvalue weighted by Crippen LogP contribution is 2.25. The topological polar surface area (TPSA) is 75.2 Å². The summed E-state index contributed by atoms with van der Waals surface area (Å²) in [5.74, 6) is 2.28. The maximum atomic E-state index is 11.4. The zero-order chi connectivity index (χ0) is 15.6. The molecule has 1 N–H and O–H groups in total. The van der Waals surface area contributed by atoms with Gasteiger partial charge in [-0.3, -0.25) is 4.90 Å². The van der Waals surface area contributed by atoms with Crippen LogP contribution in [0.2, 0.25) is 0 Å². The molecule has 3 rings (SSSR count). The number of hydrogen-bond acceptors (Lipinski definition) is 7. The Morgan fingerprint density at radius 1 is 1.32 bits per heavy atom. The molecule has 3 heterocycles. The monoisotopic (exact) mass is 340 g/mol. The summed E-state index contributed by atoms with van der Waals surface area (Å²) in [4.78, 5) is 12.3. The van der Waals surface area contributed by atoms with Crippen LogP contribution in [0.25, 0.3) is 10.2 Å². The molecule has 1 aliphatic rings. The van der Waals surface area contributed by atoms with E-state index in [1.165, 1.54) is 0 Å². The molecule has 0 saturated carbocycles. The van der Waals surface area contributed by atoms with Crippen molar-refractivity contribution in [3.8, 4) is 0 Å². The van der Waals surface area contributed by atoms with E-state index in [-0.39, 0.29) is 11.5 Å². The Kier molecular flexibility index (Phi) is 4.60. The average molecular weight is 340 g/mol. The Morgan fingerprint density at radius 3 is 2.82 bits per heavy atom. The Balaban J connectivity index is 1.61. The standard InChI is InChI=1S/C14H20N4O2S2/c1-2-12-16-13(11-3-8-21-14(11)17-12)15-4-5-18-6-9-22(19,20)10-7-18/h3,8H,2,4-7,9-10H2,1H3,(H,15,16,17). The van der Waals surface area contributed by atoms with Gasteiger partial charge < -0.3 is 5.32 Å². The minimum atomic E-state index is -2.80. The fraction of sp³-hybridized carbons (Fsp3) is 0.571. The summed E-state index contributed by atoms with van der Waals surface area (Å²) in [7, 11) is -2.80. The van der Waals surface area contributed by atoms with Crippen LogP contribution >= 0.6 is 11.3 Å². The van der Waals surface area contributed by atoms with Gasteiger partial charge in [0, 0.05) is 32.6 Å². The number of nitrogens with zero attached hydrogens (tertiary/aromatic N) is 3. The van der Waals surface area contributed by atoms with Crippen LogP contribution in [-0.4, -0.2) is 61.0 Å². The van der Waals surface area contributed by atoms with Crippen molar-refractivity contribution in [3.63, 3.8) is 0 Å². The Labute approximate surface area is 134 Å². The van der Waals surface area contributed by atoms with Crippen LogP contribution in [0.4, 0.5) is 5.82 Å². The molecule has 120 valence electrons. The molecule has 0 unspecified atom stereocenters. The zero-order valence-electron chi connectivity index (χ0n) is 12.6. The molecule has 0 bridgehead atoms. The van der Waals surface area contributed by atoms with Gasteiger partial charge in [0.05, 0.1) is 16.9 Å². The molecule has 6 nitrogen and oxygen atoms in total. The lowest BCUT2D eigenvalue weighted by molar-refractivity contribution is 0.307. The van der Waals surface area contributed by atoms with Gasteiger partial charge in [0.1, 0.15) is 16.5 Å². The second kappa shape index (κ2) is 6.47. The second-order valence-electron chi connectivity index (χ2n) is 5.40. The summed E-state index contributed by atoms with van der Waals surface area (Å²) < 4.78 is 22.8. The molecule has 0 atom stereocenters. The highest BCUT2D eigenvalue weighted by molar-refractivity contribution is 7.91. The van der Waals surface area contributed by atoms with E-state index in [4.69, 9.17) is 0 Å². The van der Waals surface area contributed by atoms with Gasteiger partial charge in [-0.15, -0.1) is 11.3 Å². The predicted octanol–water partition coefficient (Wildman–Crippen LogP) is 1.40. The van der Waals surface area contributed by atoms with Gasteiger partial charge >= 0.3 is 0 Å².